The second-order valence-corrected chi connectivity index (χ2v) is 10.7. The fourth-order valence-electron chi connectivity index (χ4n) is 4.97. The molecule has 0 spiro atoms. The van der Waals surface area contributed by atoms with Gasteiger partial charge in [-0.2, -0.15) is 0 Å². The van der Waals surface area contributed by atoms with Crippen molar-refractivity contribution in [3.05, 3.63) is 96.6 Å². The standard InChI is InChI=1S/C33H33N3O6/c1-33(2,18-8-7-13-30(38)36-26-12-6-5-11-25(26)34)31(24-15-16-27(37)23-10-4-3-9-22(23)24)42-32(39)35-21-14-17-28-29(19-21)41-20-40-28/h3-7,9-17,19,31,37H,8,18,20,34H2,1-2H3,(H,35,39)(H,36,38)/b13-7+/t31-/m1/s1. The molecule has 1 aliphatic heterocycles. The van der Waals surface area contributed by atoms with Crippen molar-refractivity contribution < 1.29 is 28.9 Å². The molecule has 0 aromatic heterocycles. The summed E-state index contributed by atoms with van der Waals surface area (Å²) in [6.07, 6.45) is 3.06. The van der Waals surface area contributed by atoms with E-state index in [-0.39, 0.29) is 18.4 Å². The molecule has 9 heteroatoms. The monoisotopic (exact) mass is 567 g/mol. The number of benzene rings is 4. The first-order chi connectivity index (χ1) is 20.2. The molecular formula is C33H33N3O6. The lowest BCUT2D eigenvalue weighted by molar-refractivity contribution is -0.111. The average molecular weight is 568 g/mol. The number of phenols is 1. The fourth-order valence-corrected chi connectivity index (χ4v) is 4.97. The minimum absolute atomic E-state index is 0.129. The van der Waals surface area contributed by atoms with Crippen molar-refractivity contribution in [1.82, 2.24) is 0 Å². The molecular weight excluding hydrogens is 534 g/mol. The Kier molecular flexibility index (Phi) is 8.19. The lowest BCUT2D eigenvalue weighted by Gasteiger charge is -2.35. The van der Waals surface area contributed by atoms with Crippen LogP contribution < -0.4 is 25.8 Å². The molecule has 216 valence electrons. The van der Waals surface area contributed by atoms with E-state index in [1.54, 1.807) is 60.7 Å². The number of amides is 2. The molecule has 0 bridgehead atoms. The highest BCUT2D eigenvalue weighted by atomic mass is 16.7. The predicted octanol–water partition coefficient (Wildman–Crippen LogP) is 7.15. The fraction of sp³-hybridized carbons (Fsp3) is 0.212. The molecule has 1 atom stereocenters. The summed E-state index contributed by atoms with van der Waals surface area (Å²) in [5, 5.41) is 17.5. The molecule has 0 saturated carbocycles. The number of aromatic hydroxyl groups is 1. The van der Waals surface area contributed by atoms with Crippen LogP contribution in [0, 0.1) is 5.41 Å². The van der Waals surface area contributed by atoms with Crippen LogP contribution in [0.3, 0.4) is 0 Å². The van der Waals surface area contributed by atoms with E-state index in [9.17, 15) is 14.7 Å². The molecule has 0 fully saturated rings. The number of carbonyl (C=O) groups excluding carboxylic acids is 2. The van der Waals surface area contributed by atoms with Gasteiger partial charge in [0.1, 0.15) is 11.9 Å². The number of phenolic OH excluding ortho intramolecular Hbond substituents is 1. The van der Waals surface area contributed by atoms with Crippen LogP contribution >= 0.6 is 0 Å². The summed E-state index contributed by atoms with van der Waals surface area (Å²) in [5.74, 6) is 1.01. The topological polar surface area (TPSA) is 132 Å². The Morgan fingerprint density at radius 3 is 2.52 bits per heavy atom. The number of hydrogen-bond acceptors (Lipinski definition) is 7. The van der Waals surface area contributed by atoms with Gasteiger partial charge in [0.2, 0.25) is 12.7 Å². The zero-order chi connectivity index (χ0) is 29.7. The van der Waals surface area contributed by atoms with Crippen LogP contribution in [-0.4, -0.2) is 23.9 Å². The van der Waals surface area contributed by atoms with Crippen molar-refractivity contribution in [3.63, 3.8) is 0 Å². The Bertz CT molecular complexity index is 1650. The molecule has 5 rings (SSSR count). The van der Waals surface area contributed by atoms with Crippen molar-refractivity contribution in [2.75, 3.05) is 23.2 Å². The third-order valence-electron chi connectivity index (χ3n) is 7.21. The molecule has 2 amide bonds. The maximum absolute atomic E-state index is 13.2. The molecule has 1 aliphatic rings. The Balaban J connectivity index is 1.34. The number of para-hydroxylation sites is 2. The number of nitrogens with one attached hydrogen (secondary N) is 2. The average Bonchev–Trinajstić information content (AvgIpc) is 3.44. The van der Waals surface area contributed by atoms with Gasteiger partial charge in [-0.3, -0.25) is 10.1 Å². The maximum atomic E-state index is 13.2. The number of allylic oxidation sites excluding steroid dienone is 1. The van der Waals surface area contributed by atoms with Gasteiger partial charge in [-0.05, 0) is 54.6 Å². The summed E-state index contributed by atoms with van der Waals surface area (Å²) in [6, 6.07) is 23.0. The van der Waals surface area contributed by atoms with E-state index in [0.717, 1.165) is 10.9 Å². The van der Waals surface area contributed by atoms with Crippen LogP contribution in [0.25, 0.3) is 10.8 Å². The van der Waals surface area contributed by atoms with E-state index in [0.29, 0.717) is 46.8 Å². The number of anilines is 3. The number of rotatable bonds is 9. The summed E-state index contributed by atoms with van der Waals surface area (Å²) >= 11 is 0. The lowest BCUT2D eigenvalue weighted by Crippen LogP contribution is -2.29. The highest BCUT2D eigenvalue weighted by molar-refractivity contribution is 6.01. The third-order valence-corrected chi connectivity index (χ3v) is 7.21. The molecule has 0 radical (unpaired) electrons. The Labute approximate surface area is 243 Å². The van der Waals surface area contributed by atoms with Crippen molar-refractivity contribution in [1.29, 1.82) is 0 Å². The highest BCUT2D eigenvalue weighted by Crippen LogP contribution is 2.44. The number of nitrogen functional groups attached to an aromatic ring is 1. The van der Waals surface area contributed by atoms with Crippen LogP contribution in [0.15, 0.2) is 91.0 Å². The molecule has 0 aliphatic carbocycles. The number of hydrogen-bond donors (Lipinski definition) is 4. The highest BCUT2D eigenvalue weighted by Gasteiger charge is 2.35. The molecule has 1 heterocycles. The van der Waals surface area contributed by atoms with Crippen LogP contribution in [0.1, 0.15) is 38.4 Å². The van der Waals surface area contributed by atoms with E-state index < -0.39 is 17.6 Å². The number of ether oxygens (including phenoxy) is 3. The quantitative estimate of drug-likeness (QED) is 0.125. The van der Waals surface area contributed by atoms with E-state index in [1.165, 1.54) is 6.08 Å². The zero-order valence-electron chi connectivity index (χ0n) is 23.4. The predicted molar refractivity (Wildman–Crippen MR) is 163 cm³/mol. The largest absolute Gasteiger partial charge is 0.507 e. The number of carbonyl (C=O) groups is 2. The van der Waals surface area contributed by atoms with E-state index >= 15 is 0 Å². The minimum atomic E-state index is -0.691. The third kappa shape index (κ3) is 6.41. The van der Waals surface area contributed by atoms with Crippen LogP contribution in [0.2, 0.25) is 0 Å². The van der Waals surface area contributed by atoms with Gasteiger partial charge in [0.25, 0.3) is 0 Å². The first-order valence-electron chi connectivity index (χ1n) is 13.6. The van der Waals surface area contributed by atoms with Gasteiger partial charge in [-0.1, -0.05) is 62.4 Å². The van der Waals surface area contributed by atoms with Gasteiger partial charge in [0, 0.05) is 28.1 Å². The van der Waals surface area contributed by atoms with Crippen LogP contribution in [0.5, 0.6) is 17.2 Å². The Morgan fingerprint density at radius 1 is 0.976 bits per heavy atom. The summed E-state index contributed by atoms with van der Waals surface area (Å²) < 4.78 is 16.9. The normalized spacial score (nSPS) is 13.2. The first-order valence-corrected chi connectivity index (χ1v) is 13.6. The van der Waals surface area contributed by atoms with Crippen molar-refractivity contribution in [3.8, 4) is 17.2 Å². The van der Waals surface area contributed by atoms with Gasteiger partial charge >= 0.3 is 6.09 Å². The second kappa shape index (κ2) is 12.1. The van der Waals surface area contributed by atoms with Crippen molar-refractivity contribution >= 4 is 39.8 Å². The van der Waals surface area contributed by atoms with Gasteiger partial charge in [0.15, 0.2) is 11.5 Å². The van der Waals surface area contributed by atoms with Crippen molar-refractivity contribution in [2.24, 2.45) is 5.41 Å². The maximum Gasteiger partial charge on any atom is 0.412 e. The summed E-state index contributed by atoms with van der Waals surface area (Å²) in [7, 11) is 0. The van der Waals surface area contributed by atoms with Crippen molar-refractivity contribution in [2.45, 2.75) is 32.8 Å². The van der Waals surface area contributed by atoms with Gasteiger partial charge in [-0.25, -0.2) is 4.79 Å². The SMILES string of the molecule is CC(C)(CC/C=C/C(=O)Nc1ccccc1N)[C@H](OC(=O)Nc1ccc2c(c1)OCO2)c1ccc(O)c2ccccc12. The zero-order valence-corrected chi connectivity index (χ0v) is 23.4. The minimum Gasteiger partial charge on any atom is -0.507 e. The number of fused-ring (bicyclic) bond motifs is 2. The lowest BCUT2D eigenvalue weighted by atomic mass is 9.77. The first kappa shape index (κ1) is 28.4. The van der Waals surface area contributed by atoms with E-state index in [2.05, 4.69) is 10.6 Å². The van der Waals surface area contributed by atoms with Crippen LogP contribution in [-0.2, 0) is 9.53 Å². The van der Waals surface area contributed by atoms with Gasteiger partial charge in [-0.15, -0.1) is 0 Å². The van der Waals surface area contributed by atoms with E-state index in [1.807, 2.05) is 38.1 Å². The molecule has 9 nitrogen and oxygen atoms in total. The second-order valence-electron chi connectivity index (χ2n) is 10.7. The molecule has 5 N–H and O–H groups in total. The Morgan fingerprint density at radius 2 is 1.71 bits per heavy atom. The molecule has 0 unspecified atom stereocenters. The van der Waals surface area contributed by atoms with Crippen LogP contribution in [0.4, 0.5) is 21.9 Å². The summed E-state index contributed by atoms with van der Waals surface area (Å²) in [5.41, 5.74) is 7.64. The summed E-state index contributed by atoms with van der Waals surface area (Å²) in [4.78, 5) is 25.7. The number of nitrogens with two attached hydrogens (primary N) is 1. The Hall–Kier alpha value is -5.18. The summed E-state index contributed by atoms with van der Waals surface area (Å²) in [6.45, 7) is 4.14. The van der Waals surface area contributed by atoms with Gasteiger partial charge in [0.05, 0.1) is 11.4 Å². The molecule has 0 saturated heterocycles. The smallest absolute Gasteiger partial charge is 0.412 e. The molecule has 4 aromatic rings. The molecule has 4 aromatic carbocycles. The van der Waals surface area contributed by atoms with E-state index in [4.69, 9.17) is 19.9 Å². The molecule has 42 heavy (non-hydrogen) atoms. The van der Waals surface area contributed by atoms with Gasteiger partial charge < -0.3 is 30.4 Å².